The second-order valence-corrected chi connectivity index (χ2v) is 24.3. The van der Waals surface area contributed by atoms with E-state index in [1.807, 2.05) is 66.7 Å². The molecule has 0 saturated heterocycles. The minimum absolute atomic E-state index is 0.396. The summed E-state index contributed by atoms with van der Waals surface area (Å²) in [5, 5.41) is 10.3. The number of nitrogens with zero attached hydrogens (tertiary/aromatic N) is 6. The average Bonchev–Trinajstić information content (AvgIpc) is 1.83. The Hall–Kier alpha value is -12.2. The summed E-state index contributed by atoms with van der Waals surface area (Å²) in [6, 6.07) is 97.7. The van der Waals surface area contributed by atoms with E-state index < -0.39 is 0 Å². The van der Waals surface area contributed by atoms with Crippen molar-refractivity contribution in [2.45, 2.75) is 0 Å². The molecule has 0 aliphatic rings. The van der Waals surface area contributed by atoms with E-state index in [0.29, 0.717) is 28.7 Å². The van der Waals surface area contributed by atoms with Gasteiger partial charge in [0, 0.05) is 74.7 Å². The van der Waals surface area contributed by atoms with Crippen LogP contribution in [0.4, 0.5) is 5.69 Å². The minimum atomic E-state index is 0.396. The molecule has 0 N–H and O–H groups in total. The molecule has 422 valence electrons. The van der Waals surface area contributed by atoms with Crippen LogP contribution in [0.15, 0.2) is 288 Å². The summed E-state index contributed by atoms with van der Waals surface area (Å²) < 4.78 is 21.4. The summed E-state index contributed by atoms with van der Waals surface area (Å²) in [7, 11) is 0. The molecule has 0 radical (unpaired) electrons. The van der Waals surface area contributed by atoms with Crippen molar-refractivity contribution >= 4 is 125 Å². The first kappa shape index (κ1) is 50.9. The first-order chi connectivity index (χ1) is 45.1. The van der Waals surface area contributed by atoms with E-state index in [4.69, 9.17) is 23.8 Å². The van der Waals surface area contributed by atoms with Crippen LogP contribution in [0, 0.1) is 6.57 Å². The van der Waals surface area contributed by atoms with Gasteiger partial charge in [-0.15, -0.1) is 11.3 Å². The SMILES string of the molecule is [C-]#[N+]c1cc(-c2nc(-c3ccccc3)nc(-c3ccc4sc5ccccc5c4c3)n2)c(-n2c3ccc(-c4ccccc4)cc3c3c4oc5ccccc5c4ccc32)c(-n2c3ccc(-c4ccccc4)cc3c3c4oc5ccccc5c4ccc32)c1-c1ccccc1. The molecule has 19 rings (SSSR count). The summed E-state index contributed by atoms with van der Waals surface area (Å²) in [5.41, 5.74) is 16.9. The van der Waals surface area contributed by atoms with E-state index in [9.17, 15) is 6.57 Å². The largest absolute Gasteiger partial charge is 0.455 e. The van der Waals surface area contributed by atoms with Gasteiger partial charge in [-0.1, -0.05) is 188 Å². The Bertz CT molecular complexity index is 6270. The van der Waals surface area contributed by atoms with Crippen LogP contribution < -0.4 is 0 Å². The van der Waals surface area contributed by atoms with Crippen LogP contribution in [0.5, 0.6) is 0 Å². The summed E-state index contributed by atoms with van der Waals surface area (Å²) in [4.78, 5) is 21.3. The van der Waals surface area contributed by atoms with Crippen LogP contribution >= 0.6 is 11.3 Å². The number of fused-ring (bicyclic) bond motifs is 17. The highest BCUT2D eigenvalue weighted by molar-refractivity contribution is 7.25. The van der Waals surface area contributed by atoms with Gasteiger partial charge in [0.1, 0.15) is 22.3 Å². The smallest absolute Gasteiger partial charge is 0.197 e. The molecule has 8 nitrogen and oxygen atoms in total. The lowest BCUT2D eigenvalue weighted by atomic mass is 9.95. The number of rotatable bonds is 8. The van der Waals surface area contributed by atoms with Gasteiger partial charge in [-0.05, 0) is 119 Å². The average molecular weight is 1180 g/mol. The lowest BCUT2D eigenvalue weighted by Gasteiger charge is -2.25. The fraction of sp³-hybridized carbons (Fsp3) is 0. The van der Waals surface area contributed by atoms with Crippen LogP contribution in [0.1, 0.15) is 0 Å². The number of hydrogen-bond acceptors (Lipinski definition) is 6. The number of hydrogen-bond donors (Lipinski definition) is 0. The van der Waals surface area contributed by atoms with Gasteiger partial charge in [-0.3, -0.25) is 0 Å². The molecule has 91 heavy (non-hydrogen) atoms. The Labute approximate surface area is 523 Å². The van der Waals surface area contributed by atoms with Gasteiger partial charge in [0.05, 0.1) is 50.8 Å². The van der Waals surface area contributed by atoms with Gasteiger partial charge in [0.25, 0.3) is 0 Å². The van der Waals surface area contributed by atoms with Crippen molar-refractivity contribution in [3.63, 3.8) is 0 Å². The Morgan fingerprint density at radius 1 is 0.319 bits per heavy atom. The van der Waals surface area contributed by atoms with E-state index in [-0.39, 0.29) is 0 Å². The first-order valence-electron chi connectivity index (χ1n) is 30.3. The maximum atomic E-state index is 9.50. The van der Waals surface area contributed by atoms with Crippen molar-refractivity contribution < 1.29 is 8.83 Å². The molecule has 0 fully saturated rings. The Morgan fingerprint density at radius 3 is 1.33 bits per heavy atom. The molecule has 6 aromatic heterocycles. The van der Waals surface area contributed by atoms with Gasteiger partial charge < -0.3 is 18.0 Å². The molecule has 0 amide bonds. The lowest BCUT2D eigenvalue weighted by molar-refractivity contribution is 0.672. The van der Waals surface area contributed by atoms with Gasteiger partial charge in [0.2, 0.25) is 0 Å². The third kappa shape index (κ3) is 7.77. The van der Waals surface area contributed by atoms with Crippen LogP contribution in [0.3, 0.4) is 0 Å². The monoisotopic (exact) mass is 1180 g/mol. The van der Waals surface area contributed by atoms with E-state index >= 15 is 0 Å². The number of furan rings is 2. The molecule has 19 aromatic rings. The molecule has 13 aromatic carbocycles. The summed E-state index contributed by atoms with van der Waals surface area (Å²) in [6.07, 6.45) is 0. The predicted molar refractivity (Wildman–Crippen MR) is 375 cm³/mol. The third-order valence-electron chi connectivity index (χ3n) is 18.2. The van der Waals surface area contributed by atoms with Crippen LogP contribution in [0.25, 0.3) is 191 Å². The van der Waals surface area contributed by atoms with Gasteiger partial charge in [-0.2, -0.15) is 0 Å². The summed E-state index contributed by atoms with van der Waals surface area (Å²) in [5.74, 6) is 1.39. The molecule has 0 saturated carbocycles. The molecule has 0 aliphatic heterocycles. The van der Waals surface area contributed by atoms with Crippen LogP contribution in [0.2, 0.25) is 0 Å². The predicted octanol–water partition coefficient (Wildman–Crippen LogP) is 22.8. The number of benzene rings is 13. The van der Waals surface area contributed by atoms with Gasteiger partial charge >= 0.3 is 0 Å². The fourth-order valence-corrected chi connectivity index (χ4v) is 15.2. The van der Waals surface area contributed by atoms with Crippen molar-refractivity contribution in [2.24, 2.45) is 0 Å². The number of thiophene rings is 1. The van der Waals surface area contributed by atoms with E-state index in [2.05, 4.69) is 226 Å². The standard InChI is InChI=1S/C82H46N6O2S/c1-83-64-47-63(82-85-80(51-26-12-5-13-27-51)84-81(86-82)54-36-43-72-60(46-54)57-30-16-19-33-71(57)91-72)76(87-65-39-34-52(48-20-6-2-7-21-48)44-61(65)74-67(87)41-37-58-55-28-14-17-31-69(55)89-78(58)74)77(73(64)50-24-10-4-11-25-50)88-66-40-35-53(49-22-8-3-9-23-49)45-62(66)75-68(88)42-38-59-56-29-15-18-32-70(56)90-79(59)75/h2-47H. The second kappa shape index (κ2) is 19.9. The Kier molecular flexibility index (Phi) is 11.1. The van der Waals surface area contributed by atoms with Crippen molar-refractivity contribution in [1.29, 1.82) is 0 Å². The molecular weight excluding hydrogens is 1130 g/mol. The Balaban J connectivity index is 1.03. The highest BCUT2D eigenvalue weighted by atomic mass is 32.1. The molecule has 0 aliphatic carbocycles. The van der Waals surface area contributed by atoms with Gasteiger partial charge in [-0.25, -0.2) is 19.8 Å². The lowest BCUT2D eigenvalue weighted by Crippen LogP contribution is -2.10. The zero-order valence-corrected chi connectivity index (χ0v) is 49.3. The quantitative estimate of drug-likeness (QED) is 0.142. The normalized spacial score (nSPS) is 11.9. The van der Waals surface area contributed by atoms with Crippen LogP contribution in [-0.4, -0.2) is 24.1 Å². The first-order valence-corrected chi connectivity index (χ1v) is 31.2. The van der Waals surface area contributed by atoms with Gasteiger partial charge in [0.15, 0.2) is 23.2 Å². The Morgan fingerprint density at radius 2 is 0.758 bits per heavy atom. The molecular formula is C82H46N6O2S. The molecule has 0 atom stereocenters. The third-order valence-corrected chi connectivity index (χ3v) is 19.3. The zero-order chi connectivity index (χ0) is 59.8. The zero-order valence-electron chi connectivity index (χ0n) is 48.5. The summed E-state index contributed by atoms with van der Waals surface area (Å²) in [6.45, 7) is 9.50. The van der Waals surface area contributed by atoms with Crippen LogP contribution in [-0.2, 0) is 0 Å². The maximum Gasteiger partial charge on any atom is 0.197 e. The highest BCUT2D eigenvalue weighted by Crippen LogP contribution is 2.53. The highest BCUT2D eigenvalue weighted by Gasteiger charge is 2.32. The van der Waals surface area contributed by atoms with E-state index in [1.54, 1.807) is 11.3 Å². The molecule has 6 heterocycles. The van der Waals surface area contributed by atoms with E-state index in [0.717, 1.165) is 149 Å². The minimum Gasteiger partial charge on any atom is -0.455 e. The van der Waals surface area contributed by atoms with Crippen molar-refractivity contribution in [3.8, 4) is 78.9 Å². The number of para-hydroxylation sites is 2. The fourth-order valence-electron chi connectivity index (χ4n) is 14.1. The topological polar surface area (TPSA) is 79.2 Å². The maximum absolute atomic E-state index is 9.50. The molecule has 0 spiro atoms. The summed E-state index contributed by atoms with van der Waals surface area (Å²) >= 11 is 1.78. The number of aromatic nitrogens is 5. The molecule has 0 bridgehead atoms. The molecule has 0 unspecified atom stereocenters. The second-order valence-electron chi connectivity index (χ2n) is 23.2. The van der Waals surface area contributed by atoms with Crippen molar-refractivity contribution in [2.75, 3.05) is 0 Å². The molecule has 9 heteroatoms. The van der Waals surface area contributed by atoms with Crippen molar-refractivity contribution in [3.05, 3.63) is 290 Å². The van der Waals surface area contributed by atoms with E-state index in [1.165, 1.54) is 14.8 Å². The van der Waals surface area contributed by atoms with Crippen molar-refractivity contribution in [1.82, 2.24) is 24.1 Å².